The second-order valence-corrected chi connectivity index (χ2v) is 3.96. The molecule has 1 aromatic rings. The first-order valence-electron chi connectivity index (χ1n) is 4.75. The number of hydrogen-bond donors (Lipinski definition) is 1. The zero-order valence-electron chi connectivity index (χ0n) is 8.05. The van der Waals surface area contributed by atoms with Gasteiger partial charge in [0.05, 0.1) is 18.2 Å². The molecule has 0 radical (unpaired) electrons. The molecule has 0 saturated carbocycles. The highest BCUT2D eigenvalue weighted by Crippen LogP contribution is 2.17. The Hall–Kier alpha value is -0.740. The van der Waals surface area contributed by atoms with Crippen molar-refractivity contribution in [2.45, 2.75) is 32.4 Å². The minimum atomic E-state index is -0.118. The first-order chi connectivity index (χ1) is 6.68. The van der Waals surface area contributed by atoms with Gasteiger partial charge >= 0.3 is 0 Å². The van der Waals surface area contributed by atoms with Crippen LogP contribution in [0.3, 0.4) is 0 Å². The van der Waals surface area contributed by atoms with Crippen LogP contribution in [0.15, 0.2) is 4.79 Å². The second kappa shape index (κ2) is 3.79. The number of nitrogens with one attached hydrogen (secondary N) is 1. The molecule has 78 valence electrons. The smallest absolute Gasteiger partial charge is 0.268 e. The molecule has 1 unspecified atom stereocenters. The molecule has 1 atom stereocenters. The maximum atomic E-state index is 11.2. The quantitative estimate of drug-likeness (QED) is 0.811. The molecule has 1 aromatic heterocycles. The molecule has 0 aliphatic carbocycles. The van der Waals surface area contributed by atoms with E-state index in [1.54, 1.807) is 11.6 Å². The molecule has 1 fully saturated rings. The Morgan fingerprint density at radius 3 is 3.00 bits per heavy atom. The van der Waals surface area contributed by atoms with Crippen molar-refractivity contribution < 1.29 is 4.74 Å². The van der Waals surface area contributed by atoms with Gasteiger partial charge in [0.25, 0.3) is 5.56 Å². The van der Waals surface area contributed by atoms with E-state index in [0.717, 1.165) is 19.4 Å². The van der Waals surface area contributed by atoms with E-state index in [1.807, 2.05) is 0 Å². The van der Waals surface area contributed by atoms with Gasteiger partial charge in [0.15, 0.2) is 0 Å². The maximum Gasteiger partial charge on any atom is 0.268 e. The third-order valence-electron chi connectivity index (χ3n) is 2.53. The minimum Gasteiger partial charge on any atom is -0.376 e. The van der Waals surface area contributed by atoms with E-state index in [0.29, 0.717) is 17.3 Å². The molecule has 14 heavy (non-hydrogen) atoms. The number of halogens is 1. The lowest BCUT2D eigenvalue weighted by Gasteiger charge is -2.10. The van der Waals surface area contributed by atoms with E-state index < -0.39 is 0 Å². The Kier molecular flexibility index (Phi) is 2.65. The van der Waals surface area contributed by atoms with E-state index in [2.05, 4.69) is 5.10 Å². The summed E-state index contributed by atoms with van der Waals surface area (Å²) in [6.45, 7) is 3.17. The summed E-state index contributed by atoms with van der Waals surface area (Å²) >= 11 is 5.97. The lowest BCUT2D eigenvalue weighted by Crippen LogP contribution is -2.17. The molecule has 1 saturated heterocycles. The highest BCUT2D eigenvalue weighted by Gasteiger charge is 2.18. The first-order valence-corrected chi connectivity index (χ1v) is 5.13. The summed E-state index contributed by atoms with van der Waals surface area (Å²) < 4.78 is 7.12. The average Bonchev–Trinajstić information content (AvgIpc) is 2.73. The number of H-pyrrole nitrogens is 1. The molecule has 1 N–H and O–H groups in total. The van der Waals surface area contributed by atoms with Crippen molar-refractivity contribution >= 4 is 11.6 Å². The van der Waals surface area contributed by atoms with Crippen LogP contribution in [0.25, 0.3) is 0 Å². The molecule has 0 aromatic carbocycles. The normalized spacial score (nSPS) is 21.7. The van der Waals surface area contributed by atoms with E-state index in [9.17, 15) is 4.79 Å². The molecule has 2 heterocycles. The van der Waals surface area contributed by atoms with Crippen LogP contribution in [0.5, 0.6) is 0 Å². The Labute approximate surface area is 86.8 Å². The first kappa shape index (κ1) is 9.80. The number of hydrogen-bond acceptors (Lipinski definition) is 2. The van der Waals surface area contributed by atoms with Gasteiger partial charge in [0.1, 0.15) is 5.15 Å². The van der Waals surface area contributed by atoms with Crippen LogP contribution in [-0.4, -0.2) is 22.5 Å². The Bertz CT molecular complexity index is 377. The van der Waals surface area contributed by atoms with Crippen molar-refractivity contribution in [3.8, 4) is 0 Å². The summed E-state index contributed by atoms with van der Waals surface area (Å²) in [6.07, 6.45) is 2.32. The maximum absolute atomic E-state index is 11.2. The Morgan fingerprint density at radius 1 is 1.71 bits per heavy atom. The number of aromatic amines is 1. The minimum absolute atomic E-state index is 0.118. The molecule has 2 rings (SSSR count). The van der Waals surface area contributed by atoms with E-state index in [4.69, 9.17) is 16.3 Å². The van der Waals surface area contributed by atoms with Crippen molar-refractivity contribution in [3.63, 3.8) is 0 Å². The van der Waals surface area contributed by atoms with E-state index >= 15 is 0 Å². The zero-order valence-corrected chi connectivity index (χ0v) is 8.80. The van der Waals surface area contributed by atoms with Gasteiger partial charge in [-0.25, -0.2) is 0 Å². The third-order valence-corrected chi connectivity index (χ3v) is 3.02. The fraction of sp³-hybridized carbons (Fsp3) is 0.667. The summed E-state index contributed by atoms with van der Waals surface area (Å²) in [7, 11) is 0. The van der Waals surface area contributed by atoms with Crippen molar-refractivity contribution in [3.05, 3.63) is 21.1 Å². The Balaban J connectivity index is 2.16. The second-order valence-electron chi connectivity index (χ2n) is 3.60. The molecule has 4 nitrogen and oxygen atoms in total. The monoisotopic (exact) mass is 216 g/mol. The van der Waals surface area contributed by atoms with Crippen molar-refractivity contribution in [2.75, 3.05) is 6.61 Å². The lowest BCUT2D eigenvalue weighted by atomic mass is 10.2. The fourth-order valence-corrected chi connectivity index (χ4v) is 1.87. The summed E-state index contributed by atoms with van der Waals surface area (Å²) in [4.78, 5) is 11.2. The van der Waals surface area contributed by atoms with Gasteiger partial charge in [0, 0.05) is 6.61 Å². The fourth-order valence-electron chi connectivity index (χ4n) is 1.67. The molecule has 1 aliphatic heterocycles. The van der Waals surface area contributed by atoms with Gasteiger partial charge in [-0.3, -0.25) is 14.6 Å². The van der Waals surface area contributed by atoms with Gasteiger partial charge in [-0.05, 0) is 19.8 Å². The van der Waals surface area contributed by atoms with E-state index in [1.165, 1.54) is 0 Å². The van der Waals surface area contributed by atoms with Crippen LogP contribution in [0.1, 0.15) is 18.4 Å². The predicted molar refractivity (Wildman–Crippen MR) is 53.8 cm³/mol. The van der Waals surface area contributed by atoms with Gasteiger partial charge in [-0.2, -0.15) is 0 Å². The zero-order chi connectivity index (χ0) is 10.1. The van der Waals surface area contributed by atoms with Crippen molar-refractivity contribution in [2.24, 2.45) is 0 Å². The van der Waals surface area contributed by atoms with Gasteiger partial charge < -0.3 is 4.74 Å². The topological polar surface area (TPSA) is 47.0 Å². The summed E-state index contributed by atoms with van der Waals surface area (Å²) in [5.41, 5.74) is 0.456. The molecule has 1 aliphatic rings. The number of aromatic nitrogens is 2. The molecular weight excluding hydrogens is 204 g/mol. The highest BCUT2D eigenvalue weighted by molar-refractivity contribution is 6.30. The average molecular weight is 217 g/mol. The number of ether oxygens (including phenoxy) is 1. The Morgan fingerprint density at radius 2 is 2.50 bits per heavy atom. The van der Waals surface area contributed by atoms with Crippen LogP contribution >= 0.6 is 11.6 Å². The third kappa shape index (κ3) is 1.72. The molecule has 0 bridgehead atoms. The summed E-state index contributed by atoms with van der Waals surface area (Å²) in [5, 5.41) is 3.18. The largest absolute Gasteiger partial charge is 0.376 e. The van der Waals surface area contributed by atoms with Crippen LogP contribution in [0, 0.1) is 6.92 Å². The van der Waals surface area contributed by atoms with Crippen LogP contribution in [0.4, 0.5) is 0 Å². The lowest BCUT2D eigenvalue weighted by molar-refractivity contribution is 0.0939. The van der Waals surface area contributed by atoms with Crippen LogP contribution in [0.2, 0.25) is 5.15 Å². The highest BCUT2D eigenvalue weighted by atomic mass is 35.5. The van der Waals surface area contributed by atoms with Gasteiger partial charge in [-0.15, -0.1) is 0 Å². The van der Waals surface area contributed by atoms with Crippen LogP contribution in [-0.2, 0) is 11.3 Å². The van der Waals surface area contributed by atoms with E-state index in [-0.39, 0.29) is 11.7 Å². The summed E-state index contributed by atoms with van der Waals surface area (Å²) in [5.74, 6) is 0. The molecular formula is C9H13ClN2O2. The van der Waals surface area contributed by atoms with Gasteiger partial charge in [-0.1, -0.05) is 11.6 Å². The van der Waals surface area contributed by atoms with Gasteiger partial charge in [0.2, 0.25) is 0 Å². The number of nitrogens with zero attached hydrogens (tertiary/aromatic N) is 1. The number of rotatable bonds is 2. The SMILES string of the molecule is Cc1c(Cl)n(CC2CCCO2)[nH]c1=O. The summed E-state index contributed by atoms with van der Waals surface area (Å²) in [6, 6.07) is 0. The molecule has 0 amide bonds. The molecule has 0 spiro atoms. The molecule has 5 heteroatoms. The van der Waals surface area contributed by atoms with Crippen molar-refractivity contribution in [1.82, 2.24) is 9.78 Å². The standard InChI is InChI=1S/C9H13ClN2O2/c1-6-8(10)12(11-9(6)13)5-7-3-2-4-14-7/h7H,2-5H2,1H3,(H,11,13). The van der Waals surface area contributed by atoms with Crippen LogP contribution < -0.4 is 5.56 Å². The van der Waals surface area contributed by atoms with Crippen molar-refractivity contribution in [1.29, 1.82) is 0 Å². The predicted octanol–water partition coefficient (Wildman–Crippen LogP) is 1.32.